The molecule has 0 aliphatic heterocycles. The quantitative estimate of drug-likeness (QED) is 0.817. The van der Waals surface area contributed by atoms with Crippen molar-refractivity contribution in [3.05, 3.63) is 41.7 Å². The van der Waals surface area contributed by atoms with E-state index in [1.54, 1.807) is 18.0 Å². The number of aromatic nitrogens is 3. The van der Waals surface area contributed by atoms with Crippen LogP contribution in [0.4, 0.5) is 0 Å². The molecule has 0 spiro atoms. The lowest BCUT2D eigenvalue weighted by Gasteiger charge is -2.16. The van der Waals surface area contributed by atoms with Gasteiger partial charge in [-0.2, -0.15) is 0 Å². The summed E-state index contributed by atoms with van der Waals surface area (Å²) in [6, 6.07) is 7.35. The van der Waals surface area contributed by atoms with Gasteiger partial charge in [-0.3, -0.25) is 9.48 Å². The molecule has 2 aromatic rings. The summed E-state index contributed by atoms with van der Waals surface area (Å²) in [4.78, 5) is 12.1. The van der Waals surface area contributed by atoms with Gasteiger partial charge in [-0.05, 0) is 13.0 Å². The number of hydrogen-bond donors (Lipinski definition) is 2. The maximum Gasteiger partial charge on any atom is 0.273 e. The molecule has 0 unspecified atom stereocenters. The first kappa shape index (κ1) is 15.0. The molecular weight excluding hydrogens is 270 g/mol. The highest BCUT2D eigenvalue weighted by Crippen LogP contribution is 2.24. The minimum absolute atomic E-state index is 0.201. The van der Waals surface area contributed by atoms with E-state index in [2.05, 4.69) is 15.6 Å². The van der Waals surface area contributed by atoms with Crippen LogP contribution in [0.25, 0.3) is 0 Å². The highest BCUT2D eigenvalue weighted by molar-refractivity contribution is 5.92. The van der Waals surface area contributed by atoms with Crippen LogP contribution in [0.3, 0.4) is 0 Å². The van der Waals surface area contributed by atoms with Gasteiger partial charge in [0.1, 0.15) is 5.75 Å². The Morgan fingerprint density at radius 3 is 2.95 bits per heavy atom. The Morgan fingerprint density at radius 2 is 2.24 bits per heavy atom. The molecule has 1 heterocycles. The maximum atomic E-state index is 12.1. The lowest BCUT2D eigenvalue weighted by atomic mass is 10.1. The molecule has 112 valence electrons. The molecule has 7 nitrogen and oxygen atoms in total. The molecule has 0 saturated carbocycles. The van der Waals surface area contributed by atoms with E-state index in [1.165, 1.54) is 0 Å². The van der Waals surface area contributed by atoms with Crippen molar-refractivity contribution in [2.45, 2.75) is 19.5 Å². The zero-order chi connectivity index (χ0) is 15.2. The lowest BCUT2D eigenvalue weighted by Crippen LogP contribution is -2.27. The summed E-state index contributed by atoms with van der Waals surface area (Å²) in [7, 11) is 1.60. The number of nitrogens with two attached hydrogens (primary N) is 1. The number of carbonyl (C=O) groups excluding carboxylic acids is 1. The molecule has 2 rings (SSSR count). The van der Waals surface area contributed by atoms with Gasteiger partial charge in [-0.1, -0.05) is 23.4 Å². The molecule has 1 aromatic carbocycles. The summed E-state index contributed by atoms with van der Waals surface area (Å²) in [6.07, 6.45) is 1.58. The van der Waals surface area contributed by atoms with E-state index < -0.39 is 0 Å². The monoisotopic (exact) mass is 289 g/mol. The van der Waals surface area contributed by atoms with E-state index in [0.717, 1.165) is 11.3 Å². The third-order valence-corrected chi connectivity index (χ3v) is 3.08. The third-order valence-electron chi connectivity index (χ3n) is 3.08. The van der Waals surface area contributed by atoms with Crippen LogP contribution in [0.1, 0.15) is 29.0 Å². The number of methoxy groups -OCH3 is 1. The van der Waals surface area contributed by atoms with Crippen LogP contribution in [0, 0.1) is 0 Å². The van der Waals surface area contributed by atoms with Gasteiger partial charge in [-0.25, -0.2) is 0 Å². The van der Waals surface area contributed by atoms with Crippen LogP contribution >= 0.6 is 0 Å². The van der Waals surface area contributed by atoms with Crippen molar-refractivity contribution in [1.29, 1.82) is 0 Å². The van der Waals surface area contributed by atoms with Crippen molar-refractivity contribution < 1.29 is 9.53 Å². The second-order valence-electron chi connectivity index (χ2n) is 4.59. The van der Waals surface area contributed by atoms with E-state index in [0.29, 0.717) is 13.1 Å². The Kier molecular flexibility index (Phi) is 4.89. The molecule has 1 aromatic heterocycles. The number of para-hydroxylation sites is 1. The molecule has 0 bridgehead atoms. The Hall–Kier alpha value is -2.41. The molecule has 0 saturated heterocycles. The second-order valence-corrected chi connectivity index (χ2v) is 4.59. The largest absolute Gasteiger partial charge is 0.496 e. The van der Waals surface area contributed by atoms with E-state index in [9.17, 15) is 4.79 Å². The van der Waals surface area contributed by atoms with Gasteiger partial charge in [0.25, 0.3) is 5.91 Å². The van der Waals surface area contributed by atoms with Crippen molar-refractivity contribution in [2.75, 3.05) is 13.7 Å². The fourth-order valence-corrected chi connectivity index (χ4v) is 2.02. The van der Waals surface area contributed by atoms with Crippen LogP contribution in [-0.2, 0) is 6.54 Å². The van der Waals surface area contributed by atoms with Crippen molar-refractivity contribution in [3.8, 4) is 5.75 Å². The summed E-state index contributed by atoms with van der Waals surface area (Å²) in [5, 5.41) is 10.6. The molecule has 1 amide bonds. The number of hydrogen-bond acceptors (Lipinski definition) is 5. The molecule has 0 aliphatic carbocycles. The Labute approximate surface area is 123 Å². The van der Waals surface area contributed by atoms with Gasteiger partial charge in [0.15, 0.2) is 5.69 Å². The topological polar surface area (TPSA) is 95.1 Å². The summed E-state index contributed by atoms with van der Waals surface area (Å²) < 4.78 is 6.84. The van der Waals surface area contributed by atoms with Crippen LogP contribution in [-0.4, -0.2) is 34.6 Å². The second kappa shape index (κ2) is 6.85. The van der Waals surface area contributed by atoms with Crippen LogP contribution in [0.15, 0.2) is 30.5 Å². The Bertz CT molecular complexity index is 611. The molecule has 0 radical (unpaired) electrons. The zero-order valence-electron chi connectivity index (χ0n) is 12.1. The number of nitrogens with zero attached hydrogens (tertiary/aromatic N) is 3. The molecular formula is C14H19N5O2. The van der Waals surface area contributed by atoms with Gasteiger partial charge in [0, 0.05) is 12.1 Å². The number of nitrogens with one attached hydrogen (secondary N) is 1. The Balaban J connectivity index is 2.07. The van der Waals surface area contributed by atoms with Gasteiger partial charge < -0.3 is 15.8 Å². The molecule has 0 aliphatic rings. The first-order chi connectivity index (χ1) is 10.2. The summed E-state index contributed by atoms with van der Waals surface area (Å²) >= 11 is 0. The van der Waals surface area contributed by atoms with Crippen molar-refractivity contribution in [2.24, 2.45) is 5.73 Å². The average Bonchev–Trinajstić information content (AvgIpc) is 2.96. The van der Waals surface area contributed by atoms with E-state index in [4.69, 9.17) is 10.5 Å². The Morgan fingerprint density at radius 1 is 1.48 bits per heavy atom. The highest BCUT2D eigenvalue weighted by Gasteiger charge is 2.16. The smallest absolute Gasteiger partial charge is 0.273 e. The van der Waals surface area contributed by atoms with Crippen LogP contribution < -0.4 is 15.8 Å². The van der Waals surface area contributed by atoms with Crippen molar-refractivity contribution in [1.82, 2.24) is 20.3 Å². The first-order valence-corrected chi connectivity index (χ1v) is 6.69. The fraction of sp³-hybridized carbons (Fsp3) is 0.357. The van der Waals surface area contributed by atoms with E-state index >= 15 is 0 Å². The van der Waals surface area contributed by atoms with Gasteiger partial charge in [0.05, 0.1) is 25.9 Å². The maximum absolute atomic E-state index is 12.1. The minimum Gasteiger partial charge on any atom is -0.496 e. The highest BCUT2D eigenvalue weighted by atomic mass is 16.5. The molecule has 0 fully saturated rings. The molecule has 21 heavy (non-hydrogen) atoms. The fourth-order valence-electron chi connectivity index (χ4n) is 2.02. The normalized spacial score (nSPS) is 12.0. The summed E-state index contributed by atoms with van der Waals surface area (Å²) in [6.45, 7) is 2.87. The number of carbonyl (C=O) groups is 1. The first-order valence-electron chi connectivity index (χ1n) is 6.69. The molecule has 1 atom stereocenters. The van der Waals surface area contributed by atoms with Crippen molar-refractivity contribution >= 4 is 5.91 Å². The van der Waals surface area contributed by atoms with E-state index in [-0.39, 0.29) is 17.6 Å². The number of benzene rings is 1. The standard InChI is InChI=1S/C14H19N5O2/c1-10(11-5-3-4-6-13(11)21-2)16-14(20)12-9-19(8-7-15)18-17-12/h3-6,9-10H,7-8,15H2,1-2H3,(H,16,20)/t10-/m0/s1. The third kappa shape index (κ3) is 3.57. The average molecular weight is 289 g/mol. The van der Waals surface area contributed by atoms with Gasteiger partial charge in [-0.15, -0.1) is 5.10 Å². The number of ether oxygens (including phenoxy) is 1. The summed E-state index contributed by atoms with van der Waals surface area (Å²) in [5.74, 6) is 0.453. The minimum atomic E-state index is -0.281. The predicted molar refractivity (Wildman–Crippen MR) is 78.0 cm³/mol. The zero-order valence-corrected chi connectivity index (χ0v) is 12.1. The SMILES string of the molecule is COc1ccccc1[C@H](C)NC(=O)c1cn(CCN)nn1. The number of rotatable bonds is 6. The summed E-state index contributed by atoms with van der Waals surface area (Å²) in [5.41, 5.74) is 6.61. The van der Waals surface area contributed by atoms with Crippen LogP contribution in [0.5, 0.6) is 5.75 Å². The van der Waals surface area contributed by atoms with Gasteiger partial charge in [0.2, 0.25) is 0 Å². The number of amides is 1. The molecule has 7 heteroatoms. The van der Waals surface area contributed by atoms with Gasteiger partial charge >= 0.3 is 0 Å². The van der Waals surface area contributed by atoms with E-state index in [1.807, 2.05) is 31.2 Å². The van der Waals surface area contributed by atoms with Crippen molar-refractivity contribution in [3.63, 3.8) is 0 Å². The van der Waals surface area contributed by atoms with Crippen LogP contribution in [0.2, 0.25) is 0 Å². The molecule has 3 N–H and O–H groups in total. The predicted octanol–water partition coefficient (Wildman–Crippen LogP) is 0.736. The lowest BCUT2D eigenvalue weighted by molar-refractivity contribution is 0.0934.